The van der Waals surface area contributed by atoms with Crippen LogP contribution in [0.1, 0.15) is 32.1 Å². The van der Waals surface area contributed by atoms with Crippen LogP contribution in [0.4, 0.5) is 4.79 Å². The van der Waals surface area contributed by atoms with Crippen LogP contribution < -0.4 is 5.32 Å². The summed E-state index contributed by atoms with van der Waals surface area (Å²) in [6.45, 7) is -0.285. The third-order valence-electron chi connectivity index (χ3n) is 3.96. The Labute approximate surface area is 117 Å². The zero-order valence-corrected chi connectivity index (χ0v) is 11.3. The number of urea groups is 1. The average Bonchev–Trinajstić information content (AvgIpc) is 2.85. The highest BCUT2D eigenvalue weighted by Crippen LogP contribution is 2.36. The lowest BCUT2D eigenvalue weighted by Gasteiger charge is -2.37. The fraction of sp³-hybridized carbons (Fsp3) is 0.769. The van der Waals surface area contributed by atoms with Crippen molar-refractivity contribution in [1.82, 2.24) is 10.2 Å². The molecule has 7 heteroatoms. The first-order valence-corrected chi connectivity index (χ1v) is 6.98. The van der Waals surface area contributed by atoms with Crippen LogP contribution >= 0.6 is 0 Å². The van der Waals surface area contributed by atoms with Crippen LogP contribution in [0.15, 0.2) is 0 Å². The van der Waals surface area contributed by atoms with Gasteiger partial charge in [-0.2, -0.15) is 0 Å². The van der Waals surface area contributed by atoms with Gasteiger partial charge in [0.25, 0.3) is 5.91 Å². The first kappa shape index (κ1) is 14.8. The number of fused-ring (bicyclic) bond motifs is 1. The van der Waals surface area contributed by atoms with Gasteiger partial charge >= 0.3 is 12.0 Å². The topological polar surface area (TPSA) is 95.9 Å². The van der Waals surface area contributed by atoms with Gasteiger partial charge in [0, 0.05) is 12.6 Å². The number of rotatable bonds is 4. The van der Waals surface area contributed by atoms with Crippen LogP contribution in [-0.2, 0) is 14.3 Å². The minimum Gasteiger partial charge on any atom is -0.480 e. The van der Waals surface area contributed by atoms with E-state index < -0.39 is 25.1 Å². The van der Waals surface area contributed by atoms with E-state index in [4.69, 9.17) is 5.11 Å². The fourth-order valence-electron chi connectivity index (χ4n) is 3.16. The average molecular weight is 284 g/mol. The van der Waals surface area contributed by atoms with E-state index in [1.807, 2.05) is 0 Å². The number of piperidine rings is 1. The van der Waals surface area contributed by atoms with Crippen LogP contribution in [0, 0.1) is 5.92 Å². The maximum Gasteiger partial charge on any atom is 0.329 e. The molecule has 112 valence electrons. The maximum atomic E-state index is 12.1. The molecule has 20 heavy (non-hydrogen) atoms. The summed E-state index contributed by atoms with van der Waals surface area (Å²) in [6.07, 6.45) is 5.42. The van der Waals surface area contributed by atoms with E-state index in [2.05, 4.69) is 10.1 Å². The van der Waals surface area contributed by atoms with E-state index in [0.717, 1.165) is 32.1 Å². The van der Waals surface area contributed by atoms with Crippen molar-refractivity contribution in [2.24, 2.45) is 5.92 Å². The number of nitrogens with one attached hydrogen (secondary N) is 1. The first-order chi connectivity index (χ1) is 9.58. The van der Waals surface area contributed by atoms with Gasteiger partial charge in [0.1, 0.15) is 13.2 Å². The van der Waals surface area contributed by atoms with Crippen molar-refractivity contribution >= 4 is 17.9 Å². The summed E-state index contributed by atoms with van der Waals surface area (Å²) in [7, 11) is 0. The van der Waals surface area contributed by atoms with Crippen molar-refractivity contribution in [2.45, 2.75) is 38.1 Å². The highest BCUT2D eigenvalue weighted by atomic mass is 16.5. The maximum absolute atomic E-state index is 12.1. The molecule has 2 rings (SSSR count). The van der Waals surface area contributed by atoms with Gasteiger partial charge in [-0.3, -0.25) is 10.1 Å². The van der Waals surface area contributed by atoms with Gasteiger partial charge in [-0.15, -0.1) is 0 Å². The highest BCUT2D eigenvalue weighted by molar-refractivity contribution is 5.95. The number of hydrogen-bond donors (Lipinski definition) is 2. The molecular formula is C13H20N2O5. The van der Waals surface area contributed by atoms with Gasteiger partial charge in [0.2, 0.25) is 0 Å². The highest BCUT2D eigenvalue weighted by Gasteiger charge is 2.37. The third kappa shape index (κ3) is 3.69. The number of imide groups is 1. The number of carboxylic acids is 1. The Bertz CT molecular complexity index is 398. The summed E-state index contributed by atoms with van der Waals surface area (Å²) in [5.74, 6) is -1.18. The number of likely N-dealkylation sites (tertiary alicyclic amines) is 1. The summed E-state index contributed by atoms with van der Waals surface area (Å²) in [5.41, 5.74) is 0. The van der Waals surface area contributed by atoms with Crippen molar-refractivity contribution in [2.75, 3.05) is 19.8 Å². The van der Waals surface area contributed by atoms with Gasteiger partial charge < -0.3 is 14.7 Å². The molecule has 2 atom stereocenters. The molecule has 2 fully saturated rings. The van der Waals surface area contributed by atoms with Crippen molar-refractivity contribution in [1.29, 1.82) is 0 Å². The number of hydrogen-bond acceptors (Lipinski definition) is 4. The normalized spacial score (nSPS) is 25.1. The molecule has 2 aliphatic rings. The molecule has 2 N–H and O–H groups in total. The molecular weight excluding hydrogens is 264 g/mol. The van der Waals surface area contributed by atoms with Gasteiger partial charge in [-0.05, 0) is 31.6 Å². The second-order valence-corrected chi connectivity index (χ2v) is 5.33. The molecule has 1 aliphatic carbocycles. The SMILES string of the molecule is O=C(O)COCC(=O)NC(=O)N1CCCC2CCCC21. The number of carboxylic acid groups (broad SMARTS) is 1. The molecule has 0 aromatic rings. The number of carbonyl (C=O) groups excluding carboxylic acids is 2. The quantitative estimate of drug-likeness (QED) is 0.787. The molecule has 1 heterocycles. The van der Waals surface area contributed by atoms with Crippen molar-refractivity contribution in [3.8, 4) is 0 Å². The second-order valence-electron chi connectivity index (χ2n) is 5.33. The largest absolute Gasteiger partial charge is 0.480 e. The molecule has 0 radical (unpaired) electrons. The Hall–Kier alpha value is -1.63. The second kappa shape index (κ2) is 6.69. The van der Waals surface area contributed by atoms with Gasteiger partial charge in [0.15, 0.2) is 0 Å². The predicted octanol–water partition coefficient (Wildman–Crippen LogP) is 0.588. The monoisotopic (exact) mass is 284 g/mol. The number of ether oxygens (including phenoxy) is 1. The van der Waals surface area contributed by atoms with E-state index >= 15 is 0 Å². The zero-order chi connectivity index (χ0) is 14.5. The van der Waals surface area contributed by atoms with Gasteiger partial charge in [0.05, 0.1) is 0 Å². The number of nitrogens with zero attached hydrogens (tertiary/aromatic N) is 1. The molecule has 0 aromatic heterocycles. The van der Waals surface area contributed by atoms with Crippen LogP contribution in [0.25, 0.3) is 0 Å². The fourth-order valence-corrected chi connectivity index (χ4v) is 3.16. The Morgan fingerprint density at radius 3 is 2.65 bits per heavy atom. The van der Waals surface area contributed by atoms with E-state index in [1.165, 1.54) is 0 Å². The Morgan fingerprint density at radius 2 is 1.90 bits per heavy atom. The van der Waals surface area contributed by atoms with E-state index in [9.17, 15) is 14.4 Å². The Balaban J connectivity index is 1.78. The van der Waals surface area contributed by atoms with E-state index in [-0.39, 0.29) is 12.1 Å². The minimum atomic E-state index is -1.14. The van der Waals surface area contributed by atoms with Gasteiger partial charge in [-0.25, -0.2) is 9.59 Å². The van der Waals surface area contributed by atoms with E-state index in [1.54, 1.807) is 4.90 Å². The van der Waals surface area contributed by atoms with Crippen molar-refractivity contribution < 1.29 is 24.2 Å². The third-order valence-corrected chi connectivity index (χ3v) is 3.96. The van der Waals surface area contributed by atoms with Crippen LogP contribution in [-0.4, -0.2) is 53.7 Å². The minimum absolute atomic E-state index is 0.247. The molecule has 2 unspecified atom stereocenters. The van der Waals surface area contributed by atoms with Crippen LogP contribution in [0.2, 0.25) is 0 Å². The molecule has 0 aromatic carbocycles. The van der Waals surface area contributed by atoms with Crippen LogP contribution in [0.5, 0.6) is 0 Å². The Kier molecular flexibility index (Phi) is 4.94. The zero-order valence-electron chi connectivity index (χ0n) is 11.3. The number of amides is 3. The molecule has 1 saturated heterocycles. The van der Waals surface area contributed by atoms with Crippen molar-refractivity contribution in [3.05, 3.63) is 0 Å². The summed E-state index contributed by atoms with van der Waals surface area (Å²) in [5, 5.41) is 10.6. The lowest BCUT2D eigenvalue weighted by atomic mass is 9.92. The molecule has 1 aliphatic heterocycles. The smallest absolute Gasteiger partial charge is 0.329 e. The number of aliphatic carboxylic acids is 1. The summed E-state index contributed by atoms with van der Waals surface area (Å²) in [4.78, 5) is 35.6. The molecule has 1 saturated carbocycles. The predicted molar refractivity (Wildman–Crippen MR) is 69.1 cm³/mol. The van der Waals surface area contributed by atoms with Gasteiger partial charge in [-0.1, -0.05) is 6.42 Å². The standard InChI is InChI=1S/C13H20N2O5/c16-11(7-20-8-12(17)18)14-13(19)15-6-2-4-9-3-1-5-10(9)15/h9-10H,1-8H2,(H,17,18)(H,14,16,19). The lowest BCUT2D eigenvalue weighted by Crippen LogP contribution is -2.52. The summed E-state index contributed by atoms with van der Waals surface area (Å²) < 4.78 is 4.65. The summed E-state index contributed by atoms with van der Waals surface area (Å²) >= 11 is 0. The van der Waals surface area contributed by atoms with Crippen LogP contribution in [0.3, 0.4) is 0 Å². The number of carbonyl (C=O) groups is 3. The molecule has 3 amide bonds. The van der Waals surface area contributed by atoms with Crippen molar-refractivity contribution in [3.63, 3.8) is 0 Å². The van der Waals surface area contributed by atoms with E-state index in [0.29, 0.717) is 12.5 Å². The Morgan fingerprint density at radius 1 is 1.15 bits per heavy atom. The summed E-state index contributed by atoms with van der Waals surface area (Å²) in [6, 6.07) is -0.137. The lowest BCUT2D eigenvalue weighted by molar-refractivity contribution is -0.143. The molecule has 7 nitrogen and oxygen atoms in total. The molecule has 0 bridgehead atoms. The molecule has 0 spiro atoms. The first-order valence-electron chi connectivity index (χ1n) is 6.98.